The zero-order valence-electron chi connectivity index (χ0n) is 16.5. The Bertz CT molecular complexity index is 943. The van der Waals surface area contributed by atoms with Gasteiger partial charge in [0.05, 0.1) is 11.8 Å². The van der Waals surface area contributed by atoms with Gasteiger partial charge in [0.25, 0.3) is 0 Å². The van der Waals surface area contributed by atoms with Crippen LogP contribution in [0.2, 0.25) is 0 Å². The molecule has 6 heteroatoms. The van der Waals surface area contributed by atoms with E-state index in [1.807, 2.05) is 19.9 Å². The quantitative estimate of drug-likeness (QED) is 0.331. The number of aryl methyl sites for hydroxylation is 2. The van der Waals surface area contributed by atoms with Gasteiger partial charge in [-0.05, 0) is 61.1 Å². The third-order valence-corrected chi connectivity index (χ3v) is 7.23. The summed E-state index contributed by atoms with van der Waals surface area (Å²) in [6.07, 6.45) is 5.28. The third kappa shape index (κ3) is 2.76. The Morgan fingerprint density at radius 1 is 1.00 bits per heavy atom. The fraction of sp³-hybridized carbons (Fsp3) is 0.478. The van der Waals surface area contributed by atoms with Gasteiger partial charge in [0, 0.05) is 5.56 Å². The number of Topliss-reactive ketones (excluding diaryl/α,β-unsaturated/α-hetero) is 1. The summed E-state index contributed by atoms with van der Waals surface area (Å²) >= 11 is 0. The maximum absolute atomic E-state index is 12.9. The molecule has 6 rings (SSSR count). The molecule has 6 atom stereocenters. The fourth-order valence-corrected chi connectivity index (χ4v) is 5.49. The summed E-state index contributed by atoms with van der Waals surface area (Å²) in [4.78, 5) is 51.3. The summed E-state index contributed by atoms with van der Waals surface area (Å²) in [5, 5.41) is 0. The second kappa shape index (κ2) is 6.37. The molecule has 0 spiro atoms. The van der Waals surface area contributed by atoms with E-state index in [4.69, 9.17) is 4.74 Å². The van der Waals surface area contributed by atoms with Crippen LogP contribution in [0.4, 0.5) is 0 Å². The van der Waals surface area contributed by atoms with Gasteiger partial charge in [-0.3, -0.25) is 24.1 Å². The Labute approximate surface area is 168 Å². The van der Waals surface area contributed by atoms with E-state index in [1.54, 1.807) is 12.1 Å². The summed E-state index contributed by atoms with van der Waals surface area (Å²) in [6.45, 7) is 3.05. The van der Waals surface area contributed by atoms with Crippen molar-refractivity contribution in [2.24, 2.45) is 35.5 Å². The predicted molar refractivity (Wildman–Crippen MR) is 103 cm³/mol. The Morgan fingerprint density at radius 2 is 1.62 bits per heavy atom. The number of ketones is 1. The van der Waals surface area contributed by atoms with E-state index in [0.29, 0.717) is 17.4 Å². The van der Waals surface area contributed by atoms with E-state index in [0.717, 1.165) is 22.4 Å². The van der Waals surface area contributed by atoms with Crippen molar-refractivity contribution in [1.29, 1.82) is 0 Å². The SMILES string of the molecule is Cc1ccc(C(=O)COC(=O)CN2C(=O)[C@@H]3[C@H]4C=C[C@@H]([C@@H]5C[C@H]45)[C@H]3C2=O)cc1C. The minimum absolute atomic E-state index is 0.124. The molecule has 1 aromatic rings. The molecule has 3 fully saturated rings. The molecule has 2 bridgehead atoms. The minimum atomic E-state index is -0.729. The predicted octanol–water partition coefficient (Wildman–Crippen LogP) is 2.08. The zero-order valence-corrected chi connectivity index (χ0v) is 16.5. The number of carbonyl (C=O) groups is 4. The van der Waals surface area contributed by atoms with Gasteiger partial charge in [0.15, 0.2) is 12.4 Å². The van der Waals surface area contributed by atoms with Crippen molar-refractivity contribution in [2.75, 3.05) is 13.2 Å². The number of carbonyl (C=O) groups excluding carboxylic acids is 4. The maximum Gasteiger partial charge on any atom is 0.326 e. The van der Waals surface area contributed by atoms with Crippen molar-refractivity contribution < 1.29 is 23.9 Å². The van der Waals surface area contributed by atoms with Crippen LogP contribution in [0.15, 0.2) is 30.4 Å². The van der Waals surface area contributed by atoms with Crippen LogP contribution in [0, 0.1) is 49.4 Å². The number of esters is 1. The van der Waals surface area contributed by atoms with E-state index < -0.39 is 19.1 Å². The number of imide groups is 1. The highest BCUT2D eigenvalue weighted by Crippen LogP contribution is 2.65. The lowest BCUT2D eigenvalue weighted by Crippen LogP contribution is -2.40. The molecule has 1 heterocycles. The average molecular weight is 393 g/mol. The van der Waals surface area contributed by atoms with Crippen LogP contribution in [0.25, 0.3) is 0 Å². The van der Waals surface area contributed by atoms with Crippen LogP contribution < -0.4 is 0 Å². The number of allylic oxidation sites excluding steroid dienone is 2. The number of hydrogen-bond donors (Lipinski definition) is 0. The number of ether oxygens (including phenoxy) is 1. The van der Waals surface area contributed by atoms with E-state index in [-0.39, 0.29) is 41.3 Å². The van der Waals surface area contributed by atoms with E-state index in [9.17, 15) is 19.2 Å². The van der Waals surface area contributed by atoms with Crippen molar-refractivity contribution in [3.05, 3.63) is 47.0 Å². The maximum atomic E-state index is 12.9. The van der Waals surface area contributed by atoms with E-state index in [2.05, 4.69) is 12.2 Å². The monoisotopic (exact) mass is 393 g/mol. The molecule has 1 aliphatic heterocycles. The van der Waals surface area contributed by atoms with E-state index in [1.165, 1.54) is 0 Å². The lowest BCUT2D eigenvalue weighted by atomic mass is 9.63. The number of nitrogens with zero attached hydrogens (tertiary/aromatic N) is 1. The highest BCUT2D eigenvalue weighted by Gasteiger charge is 2.67. The zero-order chi connectivity index (χ0) is 20.4. The first kappa shape index (κ1) is 18.3. The van der Waals surface area contributed by atoms with Gasteiger partial charge in [0.2, 0.25) is 11.8 Å². The van der Waals surface area contributed by atoms with Crippen molar-refractivity contribution >= 4 is 23.6 Å². The topological polar surface area (TPSA) is 80.8 Å². The van der Waals surface area contributed by atoms with Crippen molar-refractivity contribution in [1.82, 2.24) is 4.90 Å². The summed E-state index contributed by atoms with van der Waals surface area (Å²) < 4.78 is 5.09. The summed E-state index contributed by atoms with van der Waals surface area (Å²) in [5.41, 5.74) is 2.54. The van der Waals surface area contributed by atoms with Crippen LogP contribution in [-0.2, 0) is 19.1 Å². The Morgan fingerprint density at radius 3 is 2.21 bits per heavy atom. The average Bonchev–Trinajstić information content (AvgIpc) is 3.49. The molecule has 0 unspecified atom stereocenters. The first-order chi connectivity index (χ1) is 13.9. The molecule has 1 aromatic carbocycles. The molecule has 29 heavy (non-hydrogen) atoms. The van der Waals surface area contributed by atoms with Gasteiger partial charge >= 0.3 is 5.97 Å². The van der Waals surface area contributed by atoms with Crippen molar-refractivity contribution in [3.8, 4) is 0 Å². The number of hydrogen-bond acceptors (Lipinski definition) is 5. The Balaban J connectivity index is 1.21. The largest absolute Gasteiger partial charge is 0.456 e. The summed E-state index contributed by atoms with van der Waals surface area (Å²) in [6, 6.07) is 5.31. The third-order valence-electron chi connectivity index (χ3n) is 7.23. The standard InChI is InChI=1S/C23H23NO5/c1-11-3-4-13(7-12(11)2)18(25)10-29-19(26)9-24-22(27)20-14-5-6-15(17-8-16(14)17)21(20)23(24)28/h3-7,14-17,20-21H,8-10H2,1-2H3/t14-,15-,16-,17+,20+,21+/m0/s1. The van der Waals surface area contributed by atoms with Crippen LogP contribution in [0.3, 0.4) is 0 Å². The Hall–Kier alpha value is -2.76. The first-order valence-corrected chi connectivity index (χ1v) is 10.2. The molecular formula is C23H23NO5. The molecule has 6 nitrogen and oxygen atoms in total. The van der Waals surface area contributed by atoms with Crippen LogP contribution in [0.1, 0.15) is 27.9 Å². The number of likely N-dealkylation sites (tertiary alicyclic amines) is 1. The van der Waals surface area contributed by atoms with Crippen molar-refractivity contribution in [2.45, 2.75) is 20.3 Å². The first-order valence-electron chi connectivity index (χ1n) is 10.2. The molecule has 150 valence electrons. The van der Waals surface area contributed by atoms with Crippen LogP contribution >= 0.6 is 0 Å². The Kier molecular flexibility index (Phi) is 4.02. The highest BCUT2D eigenvalue weighted by molar-refractivity contribution is 6.08. The van der Waals surface area contributed by atoms with E-state index >= 15 is 0 Å². The molecule has 2 saturated carbocycles. The lowest BCUT2D eigenvalue weighted by Gasteiger charge is -2.37. The number of amides is 2. The fourth-order valence-electron chi connectivity index (χ4n) is 5.49. The summed E-state index contributed by atoms with van der Waals surface area (Å²) in [7, 11) is 0. The molecule has 0 aromatic heterocycles. The molecule has 1 saturated heterocycles. The number of rotatable bonds is 5. The smallest absolute Gasteiger partial charge is 0.326 e. The van der Waals surface area contributed by atoms with Gasteiger partial charge in [-0.2, -0.15) is 0 Å². The molecule has 2 amide bonds. The van der Waals surface area contributed by atoms with Gasteiger partial charge in [-0.25, -0.2) is 0 Å². The van der Waals surface area contributed by atoms with Gasteiger partial charge < -0.3 is 4.74 Å². The minimum Gasteiger partial charge on any atom is -0.456 e. The second-order valence-corrected chi connectivity index (χ2v) is 8.80. The highest BCUT2D eigenvalue weighted by atomic mass is 16.5. The van der Waals surface area contributed by atoms with Crippen LogP contribution in [0.5, 0.6) is 0 Å². The molecule has 0 radical (unpaired) electrons. The molecular weight excluding hydrogens is 370 g/mol. The van der Waals surface area contributed by atoms with Gasteiger partial charge in [-0.1, -0.05) is 24.3 Å². The molecule has 5 aliphatic rings. The normalized spacial score (nSPS) is 33.5. The summed E-state index contributed by atoms with van der Waals surface area (Å²) in [5.74, 6) is -0.931. The van der Waals surface area contributed by atoms with Gasteiger partial charge in [0.1, 0.15) is 6.54 Å². The number of benzene rings is 1. The molecule has 4 aliphatic carbocycles. The lowest BCUT2D eigenvalue weighted by molar-refractivity contribution is -0.152. The van der Waals surface area contributed by atoms with Gasteiger partial charge in [-0.15, -0.1) is 0 Å². The molecule has 0 N–H and O–H groups in total. The van der Waals surface area contributed by atoms with Crippen LogP contribution in [-0.4, -0.2) is 41.6 Å². The van der Waals surface area contributed by atoms with Crippen molar-refractivity contribution in [3.63, 3.8) is 0 Å². The second-order valence-electron chi connectivity index (χ2n) is 8.80.